The van der Waals surface area contributed by atoms with E-state index >= 15 is 0 Å². The molecule has 1 aromatic rings. The van der Waals surface area contributed by atoms with Crippen molar-refractivity contribution in [3.05, 3.63) is 16.8 Å². The van der Waals surface area contributed by atoms with E-state index in [9.17, 15) is 4.79 Å². The maximum atomic E-state index is 10.9. The molecule has 0 saturated heterocycles. The van der Waals surface area contributed by atoms with E-state index in [1.807, 2.05) is 6.92 Å². The number of H-pyrrole nitrogens is 1. The molecule has 5 heteroatoms. The molecule has 1 unspecified atom stereocenters. The van der Waals surface area contributed by atoms with E-state index in [0.29, 0.717) is 6.42 Å². The van der Waals surface area contributed by atoms with Gasteiger partial charge < -0.3 is 5.11 Å². The van der Waals surface area contributed by atoms with Gasteiger partial charge in [0.2, 0.25) is 0 Å². The van der Waals surface area contributed by atoms with Crippen molar-refractivity contribution >= 4 is 0 Å². The molecule has 2 N–H and O–H groups in total. The molecule has 11 heavy (non-hydrogen) atoms. The van der Waals surface area contributed by atoms with Crippen LogP contribution in [0.1, 0.15) is 19.4 Å². The maximum absolute atomic E-state index is 10.9. The van der Waals surface area contributed by atoms with E-state index in [4.69, 9.17) is 5.11 Å². The van der Waals surface area contributed by atoms with Gasteiger partial charge in [0.1, 0.15) is 6.33 Å². The number of aromatic nitrogens is 3. The highest BCUT2D eigenvalue weighted by Gasteiger charge is 2.05. The molecule has 0 radical (unpaired) electrons. The van der Waals surface area contributed by atoms with Crippen LogP contribution < -0.4 is 5.69 Å². The van der Waals surface area contributed by atoms with Crippen LogP contribution in [0.4, 0.5) is 0 Å². The molecule has 0 bridgehead atoms. The molecule has 0 aliphatic carbocycles. The van der Waals surface area contributed by atoms with Crippen LogP contribution in [0.15, 0.2) is 11.1 Å². The van der Waals surface area contributed by atoms with Crippen molar-refractivity contribution in [1.82, 2.24) is 14.8 Å². The second kappa shape index (κ2) is 3.34. The van der Waals surface area contributed by atoms with Gasteiger partial charge >= 0.3 is 5.69 Å². The van der Waals surface area contributed by atoms with Crippen molar-refractivity contribution < 1.29 is 5.11 Å². The third kappa shape index (κ3) is 1.68. The number of nitrogens with zero attached hydrogens (tertiary/aromatic N) is 2. The molecule has 5 nitrogen and oxygen atoms in total. The van der Waals surface area contributed by atoms with Gasteiger partial charge in [-0.25, -0.2) is 9.89 Å². The molecule has 0 amide bonds. The van der Waals surface area contributed by atoms with Crippen LogP contribution in [0.25, 0.3) is 0 Å². The molecular weight excluding hydrogens is 146 g/mol. The van der Waals surface area contributed by atoms with Crippen molar-refractivity contribution in [3.8, 4) is 0 Å². The summed E-state index contributed by atoms with van der Waals surface area (Å²) >= 11 is 0. The Labute approximate surface area is 63.7 Å². The average molecular weight is 157 g/mol. The Morgan fingerprint density at radius 1 is 1.91 bits per heavy atom. The summed E-state index contributed by atoms with van der Waals surface area (Å²) in [6.07, 6.45) is 2.00. The lowest BCUT2D eigenvalue weighted by molar-refractivity contribution is 0.261. The second-order valence-electron chi connectivity index (χ2n) is 2.43. The van der Waals surface area contributed by atoms with Crippen molar-refractivity contribution in [1.29, 1.82) is 0 Å². The first-order valence-electron chi connectivity index (χ1n) is 3.48. The summed E-state index contributed by atoms with van der Waals surface area (Å²) in [5.74, 6) is 0. The third-order valence-electron chi connectivity index (χ3n) is 1.60. The summed E-state index contributed by atoms with van der Waals surface area (Å²) in [6, 6.07) is 0.00579. The number of aliphatic hydroxyl groups excluding tert-OH is 1. The van der Waals surface area contributed by atoms with E-state index in [2.05, 4.69) is 10.2 Å². The molecule has 0 aliphatic rings. The summed E-state index contributed by atoms with van der Waals surface area (Å²) in [5, 5.41) is 14.4. The van der Waals surface area contributed by atoms with E-state index < -0.39 is 0 Å². The Morgan fingerprint density at radius 2 is 2.64 bits per heavy atom. The van der Waals surface area contributed by atoms with Gasteiger partial charge in [0.05, 0.1) is 0 Å². The topological polar surface area (TPSA) is 70.9 Å². The van der Waals surface area contributed by atoms with Gasteiger partial charge in [0, 0.05) is 12.6 Å². The average Bonchev–Trinajstić information content (AvgIpc) is 2.36. The first-order chi connectivity index (χ1) is 5.25. The SMILES string of the molecule is CC(CCO)n1cn[nH]c1=O. The predicted octanol–water partition coefficient (Wildman–Crippen LogP) is -0.485. The largest absolute Gasteiger partial charge is 0.396 e. The standard InChI is InChI=1S/C6H11N3O2/c1-5(2-3-10)9-4-7-8-6(9)11/h4-5,10H,2-3H2,1H3,(H,8,11). The van der Waals surface area contributed by atoms with Crippen molar-refractivity contribution in [2.24, 2.45) is 0 Å². The summed E-state index contributed by atoms with van der Waals surface area (Å²) in [4.78, 5) is 10.9. The highest BCUT2D eigenvalue weighted by Crippen LogP contribution is 2.04. The lowest BCUT2D eigenvalue weighted by Gasteiger charge is -2.07. The zero-order chi connectivity index (χ0) is 8.27. The van der Waals surface area contributed by atoms with Gasteiger partial charge in [-0.05, 0) is 13.3 Å². The van der Waals surface area contributed by atoms with E-state index in [1.165, 1.54) is 10.9 Å². The first kappa shape index (κ1) is 8.00. The molecule has 0 fully saturated rings. The van der Waals surface area contributed by atoms with Crippen LogP contribution in [-0.2, 0) is 0 Å². The predicted molar refractivity (Wildman–Crippen MR) is 39.3 cm³/mol. The van der Waals surface area contributed by atoms with Crippen LogP contribution in [0.3, 0.4) is 0 Å². The minimum atomic E-state index is -0.231. The Hall–Kier alpha value is -1.10. The monoisotopic (exact) mass is 157 g/mol. The van der Waals surface area contributed by atoms with Crippen LogP contribution in [0.5, 0.6) is 0 Å². The molecule has 0 aliphatic heterocycles. The van der Waals surface area contributed by atoms with Crippen LogP contribution >= 0.6 is 0 Å². The molecule has 0 aromatic carbocycles. The fourth-order valence-electron chi connectivity index (χ4n) is 0.896. The Morgan fingerprint density at radius 3 is 3.09 bits per heavy atom. The number of rotatable bonds is 3. The normalized spacial score (nSPS) is 13.3. The number of aliphatic hydroxyl groups is 1. The van der Waals surface area contributed by atoms with Crippen LogP contribution in [0.2, 0.25) is 0 Å². The van der Waals surface area contributed by atoms with Gasteiger partial charge in [-0.15, -0.1) is 0 Å². The molecule has 1 atom stereocenters. The van der Waals surface area contributed by atoms with Crippen molar-refractivity contribution in [3.63, 3.8) is 0 Å². The van der Waals surface area contributed by atoms with E-state index in [0.717, 1.165) is 0 Å². The van der Waals surface area contributed by atoms with Gasteiger partial charge in [-0.3, -0.25) is 4.57 Å². The third-order valence-corrected chi connectivity index (χ3v) is 1.60. The molecule has 1 rings (SSSR count). The number of hydrogen-bond donors (Lipinski definition) is 2. The Kier molecular flexibility index (Phi) is 2.43. The second-order valence-corrected chi connectivity index (χ2v) is 2.43. The maximum Gasteiger partial charge on any atom is 0.343 e. The van der Waals surface area contributed by atoms with E-state index in [1.54, 1.807) is 0 Å². The molecule has 1 aromatic heterocycles. The zero-order valence-corrected chi connectivity index (χ0v) is 6.32. The molecule has 1 heterocycles. The lowest BCUT2D eigenvalue weighted by atomic mass is 10.2. The van der Waals surface area contributed by atoms with Gasteiger partial charge in [-0.1, -0.05) is 0 Å². The quantitative estimate of drug-likeness (QED) is 0.622. The van der Waals surface area contributed by atoms with E-state index in [-0.39, 0.29) is 18.3 Å². The first-order valence-corrected chi connectivity index (χ1v) is 3.48. The smallest absolute Gasteiger partial charge is 0.343 e. The van der Waals surface area contributed by atoms with Gasteiger partial charge in [0.25, 0.3) is 0 Å². The van der Waals surface area contributed by atoms with Gasteiger partial charge in [0.15, 0.2) is 0 Å². The summed E-state index contributed by atoms with van der Waals surface area (Å²) < 4.78 is 1.45. The summed E-state index contributed by atoms with van der Waals surface area (Å²) in [6.45, 7) is 1.94. The highest BCUT2D eigenvalue weighted by atomic mass is 16.3. The molecule has 0 spiro atoms. The van der Waals surface area contributed by atoms with Crippen LogP contribution in [-0.4, -0.2) is 26.5 Å². The minimum absolute atomic E-state index is 0.00579. The van der Waals surface area contributed by atoms with Crippen molar-refractivity contribution in [2.45, 2.75) is 19.4 Å². The fourth-order valence-corrected chi connectivity index (χ4v) is 0.896. The fraction of sp³-hybridized carbons (Fsp3) is 0.667. The number of nitrogens with one attached hydrogen (secondary N) is 1. The lowest BCUT2D eigenvalue weighted by Crippen LogP contribution is -2.20. The Bertz CT molecular complexity index is 265. The minimum Gasteiger partial charge on any atom is -0.396 e. The van der Waals surface area contributed by atoms with Crippen molar-refractivity contribution in [2.75, 3.05) is 6.61 Å². The zero-order valence-electron chi connectivity index (χ0n) is 6.32. The van der Waals surface area contributed by atoms with Crippen LogP contribution in [0, 0.1) is 0 Å². The molecule has 0 saturated carbocycles. The summed E-state index contributed by atoms with van der Waals surface area (Å²) in [5.41, 5.74) is -0.231. The molecular formula is C6H11N3O2. The van der Waals surface area contributed by atoms with Gasteiger partial charge in [-0.2, -0.15) is 5.10 Å². The highest BCUT2D eigenvalue weighted by molar-refractivity contribution is 4.70. The molecule has 62 valence electrons. The number of aromatic amines is 1. The summed E-state index contributed by atoms with van der Waals surface area (Å²) in [7, 11) is 0. The number of hydrogen-bond acceptors (Lipinski definition) is 3. The Balaban J connectivity index is 2.75.